The first-order valence-electron chi connectivity index (χ1n) is 5.81. The van der Waals surface area contributed by atoms with Crippen LogP contribution in [0.4, 0.5) is 0 Å². The van der Waals surface area contributed by atoms with Crippen molar-refractivity contribution in [3.05, 3.63) is 65.5 Å². The summed E-state index contributed by atoms with van der Waals surface area (Å²) in [5.41, 5.74) is 3.19. The Balaban J connectivity index is 2.24. The zero-order valence-electron chi connectivity index (χ0n) is 10.1. The lowest BCUT2D eigenvalue weighted by Gasteiger charge is -2.13. The lowest BCUT2D eigenvalue weighted by molar-refractivity contribution is -0.113. The number of carbonyl (C=O) groups excluding carboxylic acids is 1. The van der Waals surface area contributed by atoms with Crippen molar-refractivity contribution >= 4 is 16.8 Å². The lowest BCUT2D eigenvalue weighted by atomic mass is 9.93. The Morgan fingerprint density at radius 2 is 1.78 bits per heavy atom. The zero-order valence-corrected chi connectivity index (χ0v) is 10.9. The number of rotatable bonds is 4. The van der Waals surface area contributed by atoms with E-state index >= 15 is 0 Å². The summed E-state index contributed by atoms with van der Waals surface area (Å²) < 4.78 is 0. The van der Waals surface area contributed by atoms with Crippen molar-refractivity contribution in [1.82, 2.24) is 4.98 Å². The maximum atomic E-state index is 11.6. The summed E-state index contributed by atoms with van der Waals surface area (Å²) in [6.45, 7) is 2.02. The molecule has 0 N–H and O–H groups in total. The van der Waals surface area contributed by atoms with Gasteiger partial charge in [-0.1, -0.05) is 29.8 Å². The SMILES string of the molecule is Cc1ccc(C(Cc2ccncc2)C(=O)Cl)cc1. The van der Waals surface area contributed by atoms with Gasteiger partial charge in [0.1, 0.15) is 0 Å². The predicted molar refractivity (Wildman–Crippen MR) is 72.7 cm³/mol. The first kappa shape index (κ1) is 12.8. The maximum Gasteiger partial charge on any atom is 0.229 e. The molecule has 0 amide bonds. The van der Waals surface area contributed by atoms with Crippen LogP contribution in [0.15, 0.2) is 48.8 Å². The fourth-order valence-electron chi connectivity index (χ4n) is 1.88. The first-order valence-corrected chi connectivity index (χ1v) is 6.19. The Bertz CT molecular complexity index is 522. The highest BCUT2D eigenvalue weighted by Gasteiger charge is 2.18. The smallest absolute Gasteiger partial charge is 0.229 e. The number of benzene rings is 1. The molecule has 0 spiro atoms. The Morgan fingerprint density at radius 1 is 1.17 bits per heavy atom. The number of aryl methyl sites for hydroxylation is 1. The van der Waals surface area contributed by atoms with E-state index in [2.05, 4.69) is 4.98 Å². The average Bonchev–Trinajstić information content (AvgIpc) is 2.38. The second-order valence-corrected chi connectivity index (χ2v) is 4.70. The van der Waals surface area contributed by atoms with E-state index in [1.807, 2.05) is 43.3 Å². The third kappa shape index (κ3) is 3.17. The van der Waals surface area contributed by atoms with Crippen molar-refractivity contribution in [1.29, 1.82) is 0 Å². The molecule has 2 rings (SSSR count). The summed E-state index contributed by atoms with van der Waals surface area (Å²) in [5.74, 6) is -0.297. The number of aromatic nitrogens is 1. The molecule has 0 fully saturated rings. The van der Waals surface area contributed by atoms with E-state index in [0.717, 1.165) is 11.1 Å². The standard InChI is InChI=1S/C15H14ClNO/c1-11-2-4-13(5-3-11)14(15(16)18)10-12-6-8-17-9-7-12/h2-9,14H,10H2,1H3. The van der Waals surface area contributed by atoms with Crippen LogP contribution < -0.4 is 0 Å². The fraction of sp³-hybridized carbons (Fsp3) is 0.200. The van der Waals surface area contributed by atoms with Crippen molar-refractivity contribution in [2.24, 2.45) is 0 Å². The average molecular weight is 260 g/mol. The molecule has 2 nitrogen and oxygen atoms in total. The highest BCUT2D eigenvalue weighted by atomic mass is 35.5. The minimum Gasteiger partial charge on any atom is -0.281 e. The van der Waals surface area contributed by atoms with Gasteiger partial charge in [0, 0.05) is 12.4 Å². The van der Waals surface area contributed by atoms with Gasteiger partial charge < -0.3 is 0 Å². The molecule has 1 heterocycles. The van der Waals surface area contributed by atoms with Crippen LogP contribution in [-0.4, -0.2) is 10.2 Å². The van der Waals surface area contributed by atoms with E-state index in [1.54, 1.807) is 12.4 Å². The van der Waals surface area contributed by atoms with E-state index in [0.29, 0.717) is 6.42 Å². The third-order valence-electron chi connectivity index (χ3n) is 2.94. The molecule has 0 aliphatic heterocycles. The third-order valence-corrected chi connectivity index (χ3v) is 3.21. The van der Waals surface area contributed by atoms with Crippen molar-refractivity contribution in [2.75, 3.05) is 0 Å². The van der Waals surface area contributed by atoms with Gasteiger partial charge in [0.15, 0.2) is 0 Å². The largest absolute Gasteiger partial charge is 0.281 e. The molecule has 0 aliphatic carbocycles. The lowest BCUT2D eigenvalue weighted by Crippen LogP contribution is -2.10. The molecule has 0 bridgehead atoms. The van der Waals surface area contributed by atoms with Crippen LogP contribution >= 0.6 is 11.6 Å². The Kier molecular flexibility index (Phi) is 4.11. The van der Waals surface area contributed by atoms with E-state index in [1.165, 1.54) is 5.56 Å². The van der Waals surface area contributed by atoms with Gasteiger partial charge in [-0.2, -0.15) is 0 Å². The summed E-state index contributed by atoms with van der Waals surface area (Å²) in [7, 11) is 0. The van der Waals surface area contributed by atoms with Crippen LogP contribution in [0.5, 0.6) is 0 Å². The Hall–Kier alpha value is -1.67. The number of nitrogens with zero attached hydrogens (tertiary/aromatic N) is 1. The topological polar surface area (TPSA) is 30.0 Å². The van der Waals surface area contributed by atoms with E-state index < -0.39 is 0 Å². The van der Waals surface area contributed by atoms with Gasteiger partial charge in [-0.3, -0.25) is 9.78 Å². The quantitative estimate of drug-likeness (QED) is 0.787. The van der Waals surface area contributed by atoms with Crippen molar-refractivity contribution in [3.63, 3.8) is 0 Å². The summed E-state index contributed by atoms with van der Waals surface area (Å²) in [6.07, 6.45) is 4.05. The summed E-state index contributed by atoms with van der Waals surface area (Å²) >= 11 is 5.71. The minimum absolute atomic E-state index is 0.297. The molecule has 92 valence electrons. The van der Waals surface area contributed by atoms with Crippen LogP contribution in [-0.2, 0) is 11.2 Å². The number of halogens is 1. The maximum absolute atomic E-state index is 11.6. The first-order chi connectivity index (χ1) is 8.66. The molecule has 1 aromatic carbocycles. The Morgan fingerprint density at radius 3 is 2.33 bits per heavy atom. The van der Waals surface area contributed by atoms with Crippen LogP contribution in [0, 0.1) is 6.92 Å². The predicted octanol–water partition coefficient (Wildman–Crippen LogP) is 3.48. The van der Waals surface area contributed by atoms with E-state index in [4.69, 9.17) is 11.6 Å². The molecule has 18 heavy (non-hydrogen) atoms. The van der Waals surface area contributed by atoms with Gasteiger partial charge >= 0.3 is 0 Å². The van der Waals surface area contributed by atoms with Crippen LogP contribution in [0.1, 0.15) is 22.6 Å². The van der Waals surface area contributed by atoms with E-state index in [9.17, 15) is 4.79 Å². The van der Waals surface area contributed by atoms with E-state index in [-0.39, 0.29) is 11.2 Å². The molecule has 1 aromatic heterocycles. The van der Waals surface area contributed by atoms with Gasteiger partial charge in [-0.05, 0) is 48.2 Å². The summed E-state index contributed by atoms with van der Waals surface area (Å²) in [5, 5.41) is -0.323. The molecule has 0 aliphatic rings. The molecule has 2 aromatic rings. The van der Waals surface area contributed by atoms with Gasteiger partial charge in [-0.25, -0.2) is 0 Å². The summed E-state index contributed by atoms with van der Waals surface area (Å²) in [4.78, 5) is 15.5. The van der Waals surface area contributed by atoms with Crippen LogP contribution in [0.25, 0.3) is 0 Å². The molecular weight excluding hydrogens is 246 g/mol. The number of pyridine rings is 1. The van der Waals surface area contributed by atoms with Gasteiger partial charge in [0.05, 0.1) is 5.92 Å². The van der Waals surface area contributed by atoms with Gasteiger partial charge in [0.2, 0.25) is 5.24 Å². The molecule has 1 atom stereocenters. The van der Waals surface area contributed by atoms with Crippen molar-refractivity contribution in [2.45, 2.75) is 19.3 Å². The highest BCUT2D eigenvalue weighted by molar-refractivity contribution is 6.64. The minimum atomic E-state index is -0.323. The Labute approximate surface area is 112 Å². The number of carbonyl (C=O) groups is 1. The molecule has 3 heteroatoms. The molecule has 0 saturated carbocycles. The van der Waals surface area contributed by atoms with Crippen molar-refractivity contribution < 1.29 is 4.79 Å². The summed E-state index contributed by atoms with van der Waals surface area (Å²) in [6, 6.07) is 11.7. The number of hydrogen-bond acceptors (Lipinski definition) is 2. The highest BCUT2D eigenvalue weighted by Crippen LogP contribution is 2.23. The number of hydrogen-bond donors (Lipinski definition) is 0. The fourth-order valence-corrected chi connectivity index (χ4v) is 2.09. The molecular formula is C15H14ClNO. The van der Waals surface area contributed by atoms with Crippen LogP contribution in [0.3, 0.4) is 0 Å². The van der Waals surface area contributed by atoms with Gasteiger partial charge in [0.25, 0.3) is 0 Å². The molecule has 0 radical (unpaired) electrons. The molecule has 0 saturated heterocycles. The van der Waals surface area contributed by atoms with Crippen molar-refractivity contribution in [3.8, 4) is 0 Å². The second-order valence-electron chi connectivity index (χ2n) is 4.33. The van der Waals surface area contributed by atoms with Gasteiger partial charge in [-0.15, -0.1) is 0 Å². The normalized spacial score (nSPS) is 12.1. The molecule has 1 unspecified atom stereocenters. The monoisotopic (exact) mass is 259 g/mol. The van der Waals surface area contributed by atoms with Crippen LogP contribution in [0.2, 0.25) is 0 Å². The zero-order chi connectivity index (χ0) is 13.0. The second kappa shape index (κ2) is 5.78.